The fourth-order valence-corrected chi connectivity index (χ4v) is 2.39. The number of carbonyl (C=O) groups excluding carboxylic acids is 1. The van der Waals surface area contributed by atoms with E-state index in [2.05, 4.69) is 20.5 Å². The third-order valence-electron chi connectivity index (χ3n) is 3.56. The molecular weight excluding hydrogens is 284 g/mol. The lowest BCUT2D eigenvalue weighted by Crippen LogP contribution is -2.31. The van der Waals surface area contributed by atoms with Crippen molar-refractivity contribution in [1.29, 1.82) is 0 Å². The predicted molar refractivity (Wildman–Crippen MR) is 79.7 cm³/mol. The van der Waals surface area contributed by atoms with Gasteiger partial charge in [-0.1, -0.05) is 12.1 Å². The van der Waals surface area contributed by atoms with Crippen LogP contribution in [-0.4, -0.2) is 47.5 Å². The SMILES string of the molecule is COc1n[nH]c(-c2cccc(C(=O)NC[C@H]3CCCO3)c2)n1. The van der Waals surface area contributed by atoms with Crippen molar-refractivity contribution in [2.24, 2.45) is 0 Å². The van der Waals surface area contributed by atoms with Crippen LogP contribution in [0.4, 0.5) is 0 Å². The Bertz CT molecular complexity index is 650. The first-order valence-corrected chi connectivity index (χ1v) is 7.23. The molecule has 1 atom stereocenters. The van der Waals surface area contributed by atoms with Gasteiger partial charge in [0.15, 0.2) is 5.82 Å². The highest BCUT2D eigenvalue weighted by Gasteiger charge is 2.17. The molecule has 0 unspecified atom stereocenters. The van der Waals surface area contributed by atoms with E-state index >= 15 is 0 Å². The number of hydrogen-bond donors (Lipinski definition) is 2. The van der Waals surface area contributed by atoms with Gasteiger partial charge in [0.05, 0.1) is 13.2 Å². The molecule has 22 heavy (non-hydrogen) atoms. The molecule has 1 amide bonds. The second kappa shape index (κ2) is 6.57. The summed E-state index contributed by atoms with van der Waals surface area (Å²) in [5.41, 5.74) is 1.35. The molecule has 0 aliphatic carbocycles. The van der Waals surface area contributed by atoms with Crippen molar-refractivity contribution in [2.45, 2.75) is 18.9 Å². The molecule has 1 aromatic carbocycles. The number of nitrogens with one attached hydrogen (secondary N) is 2. The predicted octanol–water partition coefficient (Wildman–Crippen LogP) is 1.39. The number of aromatic nitrogens is 3. The average molecular weight is 302 g/mol. The monoisotopic (exact) mass is 302 g/mol. The molecule has 2 aromatic rings. The van der Waals surface area contributed by atoms with Crippen LogP contribution in [0.5, 0.6) is 6.01 Å². The summed E-state index contributed by atoms with van der Waals surface area (Å²) in [6, 6.07) is 7.47. The maximum atomic E-state index is 12.2. The molecular formula is C15H18N4O3. The van der Waals surface area contributed by atoms with Gasteiger partial charge >= 0.3 is 6.01 Å². The van der Waals surface area contributed by atoms with Crippen LogP contribution in [0.15, 0.2) is 24.3 Å². The number of aromatic amines is 1. The maximum absolute atomic E-state index is 12.2. The number of rotatable bonds is 5. The standard InChI is InChI=1S/C15H18N4O3/c1-21-15-17-13(18-19-15)10-4-2-5-11(8-10)14(20)16-9-12-6-3-7-22-12/h2,4-5,8,12H,3,6-7,9H2,1H3,(H,16,20)(H,17,18,19)/t12-/m1/s1. The minimum absolute atomic E-state index is 0.121. The van der Waals surface area contributed by atoms with E-state index in [9.17, 15) is 4.79 Å². The maximum Gasteiger partial charge on any atom is 0.335 e. The molecule has 1 aromatic heterocycles. The van der Waals surface area contributed by atoms with E-state index in [1.807, 2.05) is 12.1 Å². The van der Waals surface area contributed by atoms with Crippen molar-refractivity contribution in [3.8, 4) is 17.4 Å². The van der Waals surface area contributed by atoms with Gasteiger partial charge in [0.1, 0.15) is 0 Å². The molecule has 2 N–H and O–H groups in total. The summed E-state index contributed by atoms with van der Waals surface area (Å²) in [5, 5.41) is 9.58. The molecule has 1 fully saturated rings. The van der Waals surface area contributed by atoms with Crippen LogP contribution in [0, 0.1) is 0 Å². The Morgan fingerprint density at radius 2 is 2.45 bits per heavy atom. The number of benzene rings is 1. The number of H-pyrrole nitrogens is 1. The minimum atomic E-state index is -0.121. The fraction of sp³-hybridized carbons (Fsp3) is 0.400. The molecule has 1 saturated heterocycles. The van der Waals surface area contributed by atoms with Gasteiger partial charge in [0, 0.05) is 24.3 Å². The molecule has 7 nitrogen and oxygen atoms in total. The van der Waals surface area contributed by atoms with Crippen LogP contribution in [0.3, 0.4) is 0 Å². The van der Waals surface area contributed by atoms with Gasteiger partial charge in [-0.05, 0) is 25.0 Å². The number of carbonyl (C=O) groups is 1. The van der Waals surface area contributed by atoms with E-state index in [4.69, 9.17) is 9.47 Å². The average Bonchev–Trinajstić information content (AvgIpc) is 3.24. The number of nitrogens with zero attached hydrogens (tertiary/aromatic N) is 2. The van der Waals surface area contributed by atoms with Crippen LogP contribution in [-0.2, 0) is 4.74 Å². The summed E-state index contributed by atoms with van der Waals surface area (Å²) >= 11 is 0. The summed E-state index contributed by atoms with van der Waals surface area (Å²) in [4.78, 5) is 16.4. The van der Waals surface area contributed by atoms with Crippen molar-refractivity contribution in [3.63, 3.8) is 0 Å². The normalized spacial score (nSPS) is 17.4. The van der Waals surface area contributed by atoms with Crippen LogP contribution in [0.1, 0.15) is 23.2 Å². The van der Waals surface area contributed by atoms with Crippen molar-refractivity contribution < 1.29 is 14.3 Å². The van der Waals surface area contributed by atoms with Crippen LogP contribution >= 0.6 is 0 Å². The number of amides is 1. The zero-order chi connectivity index (χ0) is 15.4. The van der Waals surface area contributed by atoms with Crippen molar-refractivity contribution in [1.82, 2.24) is 20.5 Å². The van der Waals surface area contributed by atoms with Gasteiger partial charge in [-0.25, -0.2) is 0 Å². The summed E-state index contributed by atoms with van der Waals surface area (Å²) in [6.07, 6.45) is 2.19. The Morgan fingerprint density at radius 3 is 3.18 bits per heavy atom. The zero-order valence-electron chi connectivity index (χ0n) is 12.3. The Hall–Kier alpha value is -2.41. The lowest BCUT2D eigenvalue weighted by Gasteiger charge is -2.11. The molecule has 2 heterocycles. The minimum Gasteiger partial charge on any atom is -0.466 e. The zero-order valence-corrected chi connectivity index (χ0v) is 12.3. The third kappa shape index (κ3) is 3.25. The van der Waals surface area contributed by atoms with Gasteiger partial charge in [-0.2, -0.15) is 4.98 Å². The van der Waals surface area contributed by atoms with E-state index in [-0.39, 0.29) is 18.0 Å². The lowest BCUT2D eigenvalue weighted by atomic mass is 10.1. The first-order valence-electron chi connectivity index (χ1n) is 7.23. The number of hydrogen-bond acceptors (Lipinski definition) is 5. The van der Waals surface area contributed by atoms with Crippen LogP contribution in [0.25, 0.3) is 11.4 Å². The van der Waals surface area contributed by atoms with Gasteiger partial charge in [-0.15, -0.1) is 5.10 Å². The van der Waals surface area contributed by atoms with E-state index in [1.54, 1.807) is 12.1 Å². The van der Waals surface area contributed by atoms with Crippen molar-refractivity contribution >= 4 is 5.91 Å². The number of ether oxygens (including phenoxy) is 2. The Kier molecular flexibility index (Phi) is 4.34. The smallest absolute Gasteiger partial charge is 0.335 e. The van der Waals surface area contributed by atoms with Gasteiger partial charge in [-0.3, -0.25) is 9.89 Å². The highest BCUT2D eigenvalue weighted by molar-refractivity contribution is 5.95. The van der Waals surface area contributed by atoms with E-state index in [1.165, 1.54) is 7.11 Å². The summed E-state index contributed by atoms with van der Waals surface area (Å²) in [5.74, 6) is 0.439. The molecule has 7 heteroatoms. The Labute approximate surface area is 128 Å². The molecule has 116 valence electrons. The highest BCUT2D eigenvalue weighted by Crippen LogP contribution is 2.18. The molecule has 3 rings (SSSR count). The summed E-state index contributed by atoms with van der Waals surface area (Å²) < 4.78 is 10.4. The molecule has 0 radical (unpaired) electrons. The topological polar surface area (TPSA) is 89.1 Å². The first kappa shape index (κ1) is 14.5. The number of methoxy groups -OCH3 is 1. The Balaban J connectivity index is 1.68. The van der Waals surface area contributed by atoms with Gasteiger partial charge < -0.3 is 14.8 Å². The second-order valence-corrected chi connectivity index (χ2v) is 5.10. The third-order valence-corrected chi connectivity index (χ3v) is 3.56. The van der Waals surface area contributed by atoms with E-state index in [0.29, 0.717) is 17.9 Å². The van der Waals surface area contributed by atoms with Crippen molar-refractivity contribution in [2.75, 3.05) is 20.3 Å². The van der Waals surface area contributed by atoms with E-state index in [0.717, 1.165) is 25.0 Å². The van der Waals surface area contributed by atoms with Crippen LogP contribution < -0.4 is 10.1 Å². The van der Waals surface area contributed by atoms with Gasteiger partial charge in [0.25, 0.3) is 5.91 Å². The molecule has 1 aliphatic heterocycles. The first-order chi connectivity index (χ1) is 10.8. The molecule has 0 bridgehead atoms. The summed E-state index contributed by atoms with van der Waals surface area (Å²) in [7, 11) is 1.50. The fourth-order valence-electron chi connectivity index (χ4n) is 2.39. The van der Waals surface area contributed by atoms with Gasteiger partial charge in [0.2, 0.25) is 0 Å². The quantitative estimate of drug-likeness (QED) is 0.871. The highest BCUT2D eigenvalue weighted by atomic mass is 16.5. The molecule has 1 aliphatic rings. The second-order valence-electron chi connectivity index (χ2n) is 5.10. The molecule has 0 saturated carbocycles. The van der Waals surface area contributed by atoms with Crippen molar-refractivity contribution in [3.05, 3.63) is 29.8 Å². The molecule has 0 spiro atoms. The largest absolute Gasteiger partial charge is 0.466 e. The lowest BCUT2D eigenvalue weighted by molar-refractivity contribution is 0.0858. The Morgan fingerprint density at radius 1 is 1.55 bits per heavy atom. The van der Waals surface area contributed by atoms with E-state index < -0.39 is 0 Å². The summed E-state index contributed by atoms with van der Waals surface area (Å²) in [6.45, 7) is 1.32. The van der Waals surface area contributed by atoms with Crippen LogP contribution in [0.2, 0.25) is 0 Å².